The van der Waals surface area contributed by atoms with Gasteiger partial charge in [0, 0.05) is 17.2 Å². The van der Waals surface area contributed by atoms with E-state index in [2.05, 4.69) is 5.32 Å². The van der Waals surface area contributed by atoms with Crippen LogP contribution >= 0.6 is 0 Å². The molecule has 1 atom stereocenters. The van der Waals surface area contributed by atoms with E-state index in [9.17, 15) is 18.4 Å². The normalized spacial score (nSPS) is 17.1. The quantitative estimate of drug-likeness (QED) is 0.907. The van der Waals surface area contributed by atoms with Crippen molar-refractivity contribution in [3.05, 3.63) is 65.2 Å². The number of hydrogen-bond acceptors (Lipinski definition) is 2. The lowest BCUT2D eigenvalue weighted by Crippen LogP contribution is -2.41. The second-order valence-electron chi connectivity index (χ2n) is 6.35. The Bertz CT molecular complexity index is 819. The summed E-state index contributed by atoms with van der Waals surface area (Å²) >= 11 is 0. The summed E-state index contributed by atoms with van der Waals surface area (Å²) in [6.07, 6.45) is 0. The van der Waals surface area contributed by atoms with Crippen LogP contribution in [0.4, 0.5) is 14.5 Å². The lowest BCUT2D eigenvalue weighted by molar-refractivity contribution is -0.139. The second kappa shape index (κ2) is 6.63. The summed E-state index contributed by atoms with van der Waals surface area (Å²) in [4.78, 5) is 26.4. The number of anilines is 1. The fraction of sp³-hybridized carbons (Fsp3) is 0.263. The highest BCUT2D eigenvalue weighted by Gasteiger charge is 2.34. The third kappa shape index (κ3) is 3.38. The lowest BCUT2D eigenvalue weighted by atomic mass is 9.95. The average Bonchev–Trinajstić information content (AvgIpc) is 2.70. The molecular formula is C19H18F2N2O2. The van der Waals surface area contributed by atoms with Gasteiger partial charge in [0.1, 0.15) is 18.2 Å². The van der Waals surface area contributed by atoms with Crippen molar-refractivity contribution in [2.24, 2.45) is 5.92 Å². The molecule has 1 aliphatic heterocycles. The van der Waals surface area contributed by atoms with Crippen molar-refractivity contribution in [1.82, 2.24) is 4.90 Å². The molecule has 0 aromatic heterocycles. The molecule has 0 aliphatic carbocycles. The zero-order valence-electron chi connectivity index (χ0n) is 13.9. The summed E-state index contributed by atoms with van der Waals surface area (Å²) in [5.74, 6) is -1.81. The van der Waals surface area contributed by atoms with Gasteiger partial charge in [0.25, 0.3) is 0 Å². The monoisotopic (exact) mass is 344 g/mol. The van der Waals surface area contributed by atoms with E-state index in [0.29, 0.717) is 16.8 Å². The first-order chi connectivity index (χ1) is 11.9. The fourth-order valence-corrected chi connectivity index (χ4v) is 3.02. The molecular weight excluding hydrogens is 326 g/mol. The number of amides is 2. The van der Waals surface area contributed by atoms with Gasteiger partial charge in [-0.15, -0.1) is 0 Å². The molecule has 1 heterocycles. The Morgan fingerprint density at radius 3 is 2.40 bits per heavy atom. The number of hydrogen-bond donors (Lipinski definition) is 1. The summed E-state index contributed by atoms with van der Waals surface area (Å²) in [6.45, 7) is 3.31. The van der Waals surface area contributed by atoms with E-state index in [4.69, 9.17) is 0 Å². The van der Waals surface area contributed by atoms with E-state index in [1.54, 1.807) is 26.0 Å². The fourth-order valence-electron chi connectivity index (χ4n) is 3.02. The van der Waals surface area contributed by atoms with E-state index in [1.165, 1.54) is 35.2 Å². The Hall–Kier alpha value is -2.76. The molecule has 2 aromatic rings. The minimum atomic E-state index is -0.680. The van der Waals surface area contributed by atoms with Gasteiger partial charge in [0.05, 0.1) is 6.04 Å². The summed E-state index contributed by atoms with van der Waals surface area (Å²) in [7, 11) is 0. The van der Waals surface area contributed by atoms with E-state index >= 15 is 0 Å². The topological polar surface area (TPSA) is 49.4 Å². The molecule has 2 aromatic carbocycles. The zero-order chi connectivity index (χ0) is 18.1. The number of halogens is 2. The van der Waals surface area contributed by atoms with Crippen molar-refractivity contribution in [2.75, 3.05) is 11.9 Å². The van der Waals surface area contributed by atoms with Crippen LogP contribution in [0.5, 0.6) is 0 Å². The summed E-state index contributed by atoms with van der Waals surface area (Å²) in [5.41, 5.74) is 1.52. The highest BCUT2D eigenvalue weighted by Crippen LogP contribution is 2.36. The van der Waals surface area contributed by atoms with Crippen LogP contribution < -0.4 is 5.32 Å². The number of carbonyl (C=O) groups is 2. The van der Waals surface area contributed by atoms with Crippen molar-refractivity contribution >= 4 is 17.5 Å². The predicted molar refractivity (Wildman–Crippen MR) is 89.8 cm³/mol. The van der Waals surface area contributed by atoms with Crippen LogP contribution in [0, 0.1) is 17.6 Å². The molecule has 2 amide bonds. The highest BCUT2D eigenvalue weighted by atomic mass is 19.1. The van der Waals surface area contributed by atoms with E-state index in [0.717, 1.165) is 0 Å². The van der Waals surface area contributed by atoms with Crippen LogP contribution in [0.25, 0.3) is 0 Å². The van der Waals surface area contributed by atoms with Crippen molar-refractivity contribution in [3.8, 4) is 0 Å². The van der Waals surface area contributed by atoms with Crippen molar-refractivity contribution in [1.29, 1.82) is 0 Å². The molecule has 0 radical (unpaired) electrons. The molecule has 0 saturated carbocycles. The molecule has 1 unspecified atom stereocenters. The maximum absolute atomic E-state index is 13.9. The molecule has 0 bridgehead atoms. The van der Waals surface area contributed by atoms with Crippen molar-refractivity contribution in [2.45, 2.75) is 19.9 Å². The number of rotatable bonds is 2. The number of nitrogens with zero attached hydrogens (tertiary/aromatic N) is 1. The van der Waals surface area contributed by atoms with Gasteiger partial charge in [0.2, 0.25) is 11.8 Å². The van der Waals surface area contributed by atoms with Crippen LogP contribution in [0.2, 0.25) is 0 Å². The Kier molecular flexibility index (Phi) is 4.53. The third-order valence-electron chi connectivity index (χ3n) is 4.17. The largest absolute Gasteiger partial charge is 0.324 e. The average molecular weight is 344 g/mol. The highest BCUT2D eigenvalue weighted by molar-refractivity contribution is 5.97. The number of carbonyl (C=O) groups excluding carboxylic acids is 2. The van der Waals surface area contributed by atoms with Crippen LogP contribution in [0.3, 0.4) is 0 Å². The van der Waals surface area contributed by atoms with Gasteiger partial charge in [-0.1, -0.05) is 26.0 Å². The molecule has 4 nitrogen and oxygen atoms in total. The number of fused-ring (bicyclic) bond motifs is 1. The molecule has 3 rings (SSSR count). The first kappa shape index (κ1) is 17.1. The number of nitrogens with one attached hydrogen (secondary N) is 1. The maximum Gasteiger partial charge on any atom is 0.244 e. The zero-order valence-corrected chi connectivity index (χ0v) is 13.9. The van der Waals surface area contributed by atoms with Gasteiger partial charge >= 0.3 is 0 Å². The third-order valence-corrected chi connectivity index (χ3v) is 4.17. The van der Waals surface area contributed by atoms with Gasteiger partial charge in [-0.05, 0) is 35.9 Å². The molecule has 1 aliphatic rings. The van der Waals surface area contributed by atoms with E-state index in [1.807, 2.05) is 0 Å². The summed E-state index contributed by atoms with van der Waals surface area (Å²) in [6, 6.07) is 9.01. The van der Waals surface area contributed by atoms with Crippen LogP contribution in [-0.4, -0.2) is 23.3 Å². The van der Waals surface area contributed by atoms with E-state index in [-0.39, 0.29) is 24.3 Å². The molecule has 0 saturated heterocycles. The Morgan fingerprint density at radius 2 is 1.76 bits per heavy atom. The van der Waals surface area contributed by atoms with Crippen LogP contribution in [0.15, 0.2) is 42.5 Å². The minimum absolute atomic E-state index is 0.157. The van der Waals surface area contributed by atoms with Gasteiger partial charge in [-0.2, -0.15) is 0 Å². The van der Waals surface area contributed by atoms with Crippen molar-refractivity contribution in [3.63, 3.8) is 0 Å². The van der Waals surface area contributed by atoms with Crippen LogP contribution in [0.1, 0.15) is 31.0 Å². The Balaban J connectivity index is 2.21. The minimum Gasteiger partial charge on any atom is -0.324 e. The number of benzene rings is 2. The Labute approximate surface area is 144 Å². The second-order valence-corrected chi connectivity index (χ2v) is 6.35. The predicted octanol–water partition coefficient (Wildman–Crippen LogP) is 3.49. The lowest BCUT2D eigenvalue weighted by Gasteiger charge is -2.31. The smallest absolute Gasteiger partial charge is 0.244 e. The molecule has 0 fully saturated rings. The van der Waals surface area contributed by atoms with Gasteiger partial charge in [-0.3, -0.25) is 9.59 Å². The first-order valence-corrected chi connectivity index (χ1v) is 8.02. The first-order valence-electron chi connectivity index (χ1n) is 8.02. The van der Waals surface area contributed by atoms with Gasteiger partial charge < -0.3 is 10.2 Å². The molecule has 6 heteroatoms. The maximum atomic E-state index is 13.9. The SMILES string of the molecule is CC(C)C(=O)N1CC(=O)Nc2ccc(F)cc2C1c1ccc(F)cc1. The van der Waals surface area contributed by atoms with Gasteiger partial charge in [-0.25, -0.2) is 8.78 Å². The Morgan fingerprint density at radius 1 is 1.12 bits per heavy atom. The molecule has 0 spiro atoms. The van der Waals surface area contributed by atoms with Crippen molar-refractivity contribution < 1.29 is 18.4 Å². The standard InChI is InChI=1S/C19H18F2N2O2/c1-11(2)19(25)23-10-17(24)22-16-8-7-14(21)9-15(16)18(23)12-3-5-13(20)6-4-12/h3-9,11,18H,10H2,1-2H3,(H,22,24). The molecule has 130 valence electrons. The van der Waals surface area contributed by atoms with E-state index < -0.39 is 17.7 Å². The summed E-state index contributed by atoms with van der Waals surface area (Å²) < 4.78 is 27.2. The molecule has 1 N–H and O–H groups in total. The summed E-state index contributed by atoms with van der Waals surface area (Å²) in [5, 5.41) is 2.71. The van der Waals surface area contributed by atoms with Crippen LogP contribution in [-0.2, 0) is 9.59 Å². The van der Waals surface area contributed by atoms with Gasteiger partial charge in [0.15, 0.2) is 0 Å². The molecule has 25 heavy (non-hydrogen) atoms.